The summed E-state index contributed by atoms with van der Waals surface area (Å²) in [6.07, 6.45) is 3.33. The largest absolute Gasteiger partial charge is 0.305 e. The molecular weight excluding hydrogens is 214 g/mol. The van der Waals surface area contributed by atoms with E-state index in [0.29, 0.717) is 12.3 Å². The quantitative estimate of drug-likeness (QED) is 0.735. The van der Waals surface area contributed by atoms with Gasteiger partial charge in [0.1, 0.15) is 0 Å². The molecule has 1 atom stereocenters. The van der Waals surface area contributed by atoms with Crippen molar-refractivity contribution in [2.45, 2.75) is 37.8 Å². The maximum atomic E-state index is 12.2. The second-order valence-corrected chi connectivity index (χ2v) is 5.77. The molecule has 0 amide bonds. The molecule has 4 nitrogen and oxygen atoms in total. The van der Waals surface area contributed by atoms with Gasteiger partial charge in [-0.1, -0.05) is 6.92 Å². The lowest BCUT2D eigenvalue weighted by Gasteiger charge is -2.50. The Kier molecular flexibility index (Phi) is 2.97. The smallest absolute Gasteiger partial charge is 0.166 e. The summed E-state index contributed by atoms with van der Waals surface area (Å²) in [5.74, 6) is 0.410. The third-order valence-electron chi connectivity index (χ3n) is 4.86. The van der Waals surface area contributed by atoms with Crippen LogP contribution in [0.4, 0.5) is 0 Å². The van der Waals surface area contributed by atoms with Crippen molar-refractivity contribution in [3.8, 4) is 0 Å². The molecule has 3 saturated heterocycles. The first-order valence-corrected chi connectivity index (χ1v) is 6.98. The van der Waals surface area contributed by atoms with Crippen LogP contribution in [0.25, 0.3) is 0 Å². The van der Waals surface area contributed by atoms with Gasteiger partial charge in [0.15, 0.2) is 5.78 Å². The van der Waals surface area contributed by atoms with Gasteiger partial charge in [-0.15, -0.1) is 0 Å². The summed E-state index contributed by atoms with van der Waals surface area (Å²) in [4.78, 5) is 17.1. The highest BCUT2D eigenvalue weighted by Crippen LogP contribution is 2.26. The summed E-state index contributed by atoms with van der Waals surface area (Å²) in [6.45, 7) is 8.53. The molecule has 0 aliphatic carbocycles. The number of Topliss-reactive ketones (excluding diaryl/α,β-unsaturated/α-hetero) is 1. The first-order valence-electron chi connectivity index (χ1n) is 6.98. The Morgan fingerprint density at radius 3 is 2.53 bits per heavy atom. The van der Waals surface area contributed by atoms with Gasteiger partial charge < -0.3 is 5.32 Å². The topological polar surface area (TPSA) is 35.6 Å². The third-order valence-corrected chi connectivity index (χ3v) is 4.86. The first kappa shape index (κ1) is 11.6. The van der Waals surface area contributed by atoms with Crippen LogP contribution >= 0.6 is 0 Å². The molecule has 17 heavy (non-hydrogen) atoms. The number of nitrogens with one attached hydrogen (secondary N) is 1. The van der Waals surface area contributed by atoms with Gasteiger partial charge in [-0.25, -0.2) is 0 Å². The Morgan fingerprint density at radius 1 is 1.41 bits per heavy atom. The van der Waals surface area contributed by atoms with E-state index in [2.05, 4.69) is 22.0 Å². The molecule has 0 saturated carbocycles. The predicted octanol–water partition coefficient (Wildman–Crippen LogP) is 0.0875. The summed E-state index contributed by atoms with van der Waals surface area (Å²) in [7, 11) is 0. The van der Waals surface area contributed by atoms with Crippen LogP contribution in [0.3, 0.4) is 0 Å². The first-order chi connectivity index (χ1) is 8.23. The normalized spacial score (nSPS) is 34.9. The number of rotatable bonds is 5. The zero-order valence-corrected chi connectivity index (χ0v) is 10.7. The minimum absolute atomic E-state index is 0.165. The second kappa shape index (κ2) is 4.34. The van der Waals surface area contributed by atoms with Crippen LogP contribution in [0.2, 0.25) is 0 Å². The Hall–Kier alpha value is -0.450. The van der Waals surface area contributed by atoms with Gasteiger partial charge in [0.25, 0.3) is 0 Å². The molecule has 3 fully saturated rings. The van der Waals surface area contributed by atoms with Gasteiger partial charge in [-0.05, 0) is 38.9 Å². The standard InChI is InChI=1S/C13H23N3O/c1-2-13(4-5-14-13)12(17)10-15-8-11(9-15)16-6-3-7-16/h11,14H,2-10H2,1H3. The van der Waals surface area contributed by atoms with Gasteiger partial charge in [0.2, 0.25) is 0 Å². The molecule has 0 aromatic carbocycles. The van der Waals surface area contributed by atoms with Crippen molar-refractivity contribution < 1.29 is 4.79 Å². The van der Waals surface area contributed by atoms with Crippen molar-refractivity contribution in [2.24, 2.45) is 0 Å². The number of nitrogens with zero attached hydrogens (tertiary/aromatic N) is 2. The Morgan fingerprint density at radius 2 is 2.12 bits per heavy atom. The van der Waals surface area contributed by atoms with Crippen LogP contribution in [-0.4, -0.2) is 66.4 Å². The van der Waals surface area contributed by atoms with Crippen molar-refractivity contribution in [3.05, 3.63) is 0 Å². The van der Waals surface area contributed by atoms with E-state index in [0.717, 1.165) is 38.5 Å². The predicted molar refractivity (Wildman–Crippen MR) is 67.1 cm³/mol. The van der Waals surface area contributed by atoms with Gasteiger partial charge in [-0.3, -0.25) is 14.6 Å². The van der Waals surface area contributed by atoms with Gasteiger partial charge in [0, 0.05) is 19.1 Å². The van der Waals surface area contributed by atoms with E-state index in [1.807, 2.05) is 0 Å². The Balaban J connectivity index is 1.44. The molecule has 4 heteroatoms. The number of carbonyl (C=O) groups is 1. The summed E-state index contributed by atoms with van der Waals surface area (Å²) in [6, 6.07) is 0.739. The molecule has 1 unspecified atom stereocenters. The Bertz CT molecular complexity index is 298. The average molecular weight is 237 g/mol. The number of ketones is 1. The van der Waals surface area contributed by atoms with E-state index in [9.17, 15) is 4.79 Å². The zero-order chi connectivity index (χ0) is 11.9. The molecule has 96 valence electrons. The van der Waals surface area contributed by atoms with Crippen LogP contribution in [0, 0.1) is 0 Å². The van der Waals surface area contributed by atoms with E-state index in [1.54, 1.807) is 0 Å². The van der Waals surface area contributed by atoms with Gasteiger partial charge >= 0.3 is 0 Å². The summed E-state index contributed by atoms with van der Waals surface area (Å²) in [5, 5.41) is 3.33. The van der Waals surface area contributed by atoms with Crippen LogP contribution < -0.4 is 5.32 Å². The number of hydrogen-bond donors (Lipinski definition) is 1. The highest BCUT2D eigenvalue weighted by molar-refractivity contribution is 5.91. The van der Waals surface area contributed by atoms with Crippen LogP contribution in [0.5, 0.6) is 0 Å². The van der Waals surface area contributed by atoms with Crippen LogP contribution in [0.1, 0.15) is 26.2 Å². The summed E-state index contributed by atoms with van der Waals surface area (Å²) >= 11 is 0. The van der Waals surface area contributed by atoms with E-state index >= 15 is 0 Å². The average Bonchev–Trinajstić information content (AvgIpc) is 2.10. The van der Waals surface area contributed by atoms with E-state index in [1.165, 1.54) is 19.5 Å². The number of carbonyl (C=O) groups excluding carboxylic acids is 1. The lowest BCUT2D eigenvalue weighted by atomic mass is 9.80. The fourth-order valence-corrected chi connectivity index (χ4v) is 3.13. The number of hydrogen-bond acceptors (Lipinski definition) is 4. The molecule has 0 bridgehead atoms. The maximum absolute atomic E-state index is 12.2. The molecule has 3 heterocycles. The second-order valence-electron chi connectivity index (χ2n) is 5.77. The van der Waals surface area contributed by atoms with E-state index in [4.69, 9.17) is 0 Å². The summed E-state index contributed by atoms with van der Waals surface area (Å²) < 4.78 is 0. The molecule has 0 aromatic heterocycles. The SMILES string of the molecule is CCC1(C(=O)CN2CC(N3CCC3)C2)CCN1. The van der Waals surface area contributed by atoms with Crippen molar-refractivity contribution in [1.29, 1.82) is 0 Å². The van der Waals surface area contributed by atoms with Crippen molar-refractivity contribution in [1.82, 2.24) is 15.1 Å². The van der Waals surface area contributed by atoms with Crippen molar-refractivity contribution in [2.75, 3.05) is 39.3 Å². The zero-order valence-electron chi connectivity index (χ0n) is 10.7. The molecule has 0 spiro atoms. The molecule has 1 N–H and O–H groups in total. The maximum Gasteiger partial charge on any atom is 0.166 e. The minimum Gasteiger partial charge on any atom is -0.305 e. The van der Waals surface area contributed by atoms with Gasteiger partial charge in [-0.2, -0.15) is 0 Å². The highest BCUT2D eigenvalue weighted by Gasteiger charge is 2.44. The van der Waals surface area contributed by atoms with Gasteiger partial charge in [0.05, 0.1) is 12.1 Å². The molecule has 3 aliphatic rings. The van der Waals surface area contributed by atoms with Crippen molar-refractivity contribution in [3.63, 3.8) is 0 Å². The molecule has 3 aliphatic heterocycles. The van der Waals surface area contributed by atoms with Crippen molar-refractivity contribution >= 4 is 5.78 Å². The molecule has 0 aromatic rings. The third kappa shape index (κ3) is 1.92. The fourth-order valence-electron chi connectivity index (χ4n) is 3.13. The lowest BCUT2D eigenvalue weighted by molar-refractivity contribution is -0.132. The Labute approximate surface area is 103 Å². The summed E-state index contributed by atoms with van der Waals surface area (Å²) in [5.41, 5.74) is -0.165. The molecule has 3 rings (SSSR count). The monoisotopic (exact) mass is 237 g/mol. The van der Waals surface area contributed by atoms with Crippen LogP contribution in [0.15, 0.2) is 0 Å². The number of likely N-dealkylation sites (tertiary alicyclic amines) is 2. The highest BCUT2D eigenvalue weighted by atomic mass is 16.1. The van der Waals surface area contributed by atoms with Crippen LogP contribution in [-0.2, 0) is 4.79 Å². The molecule has 0 radical (unpaired) electrons. The minimum atomic E-state index is -0.165. The van der Waals surface area contributed by atoms with E-state index < -0.39 is 0 Å². The van der Waals surface area contributed by atoms with E-state index in [-0.39, 0.29) is 5.54 Å². The lowest BCUT2D eigenvalue weighted by Crippen LogP contribution is -2.67. The molecular formula is C13H23N3O. The fraction of sp³-hybridized carbons (Fsp3) is 0.923.